The van der Waals surface area contributed by atoms with Crippen LogP contribution in [0.15, 0.2) is 54.1 Å². The molecule has 122 valence electrons. The minimum absolute atomic E-state index is 0.00691. The normalized spacial score (nSPS) is 15.8. The summed E-state index contributed by atoms with van der Waals surface area (Å²) in [5, 5.41) is 11.3. The molecule has 2 N–H and O–H groups in total. The van der Waals surface area contributed by atoms with Crippen LogP contribution in [0.3, 0.4) is 0 Å². The quantitative estimate of drug-likeness (QED) is 0.669. The number of rotatable bonds is 3. The Hall–Kier alpha value is -3.28. The molecule has 2 aromatic carbocycles. The lowest BCUT2D eigenvalue weighted by atomic mass is 10.1. The third kappa shape index (κ3) is 2.81. The average Bonchev–Trinajstić information content (AvgIpc) is 2.85. The number of aromatic hydroxyl groups is 1. The maximum absolute atomic E-state index is 12.5. The Kier molecular flexibility index (Phi) is 3.95. The summed E-state index contributed by atoms with van der Waals surface area (Å²) < 4.78 is 0. The summed E-state index contributed by atoms with van der Waals surface area (Å²) in [4.78, 5) is 26.5. The smallest absolute Gasteiger partial charge is 0.282 e. The first-order valence-corrected chi connectivity index (χ1v) is 7.40. The molecule has 2 aromatic rings. The van der Waals surface area contributed by atoms with Gasteiger partial charge in [0, 0.05) is 31.4 Å². The number of carbonyl (C=O) groups excluding carboxylic acids is 2. The van der Waals surface area contributed by atoms with Crippen LogP contribution in [-0.4, -0.2) is 31.0 Å². The molecule has 24 heavy (non-hydrogen) atoms. The van der Waals surface area contributed by atoms with Crippen molar-refractivity contribution >= 4 is 29.3 Å². The van der Waals surface area contributed by atoms with Crippen LogP contribution >= 0.6 is 0 Å². The maximum atomic E-state index is 12.5. The van der Waals surface area contributed by atoms with Gasteiger partial charge in [-0.2, -0.15) is 0 Å². The molecule has 0 unspecified atom stereocenters. The number of phenols is 1. The lowest BCUT2D eigenvalue weighted by Gasteiger charge is -2.14. The molecule has 6 nitrogen and oxygen atoms in total. The molecule has 0 spiro atoms. The van der Waals surface area contributed by atoms with Crippen LogP contribution in [0.25, 0.3) is 6.08 Å². The van der Waals surface area contributed by atoms with Crippen molar-refractivity contribution in [2.24, 2.45) is 0 Å². The highest BCUT2D eigenvalue weighted by molar-refractivity contribution is 6.31. The summed E-state index contributed by atoms with van der Waals surface area (Å²) in [6.07, 6.45) is 1.40. The first kappa shape index (κ1) is 15.6. The zero-order chi connectivity index (χ0) is 17.3. The Labute approximate surface area is 139 Å². The number of anilines is 2. The highest BCUT2D eigenvalue weighted by Gasteiger charge is 2.34. The zero-order valence-corrected chi connectivity index (χ0v) is 13.4. The number of nitrogens with one attached hydrogen (secondary N) is 1. The molecular weight excluding hydrogens is 306 g/mol. The number of amides is 2. The summed E-state index contributed by atoms with van der Waals surface area (Å²) in [5.74, 6) is -0.949. The van der Waals surface area contributed by atoms with E-state index in [4.69, 9.17) is 0 Å². The summed E-state index contributed by atoms with van der Waals surface area (Å²) in [6.45, 7) is 0. The maximum Gasteiger partial charge on any atom is 0.282 e. The number of hydrazine groups is 1. The summed E-state index contributed by atoms with van der Waals surface area (Å²) in [6, 6.07) is 13.9. The summed E-state index contributed by atoms with van der Waals surface area (Å²) in [5.41, 5.74) is 4.31. The Morgan fingerprint density at radius 3 is 2.42 bits per heavy atom. The standard InChI is InChI=1S/C18H17N3O3/c1-20(2)14-9-8-12(16(22)11-14)10-15-17(23)19-21(18(15)24)13-6-4-3-5-7-13/h3-11,22H,1-2H3,(H,19,23)/b15-10-. The molecule has 3 rings (SSSR count). The van der Waals surface area contributed by atoms with Crippen molar-refractivity contribution in [1.82, 2.24) is 5.43 Å². The molecular formula is C18H17N3O3. The van der Waals surface area contributed by atoms with Crippen molar-refractivity contribution in [3.05, 3.63) is 59.7 Å². The van der Waals surface area contributed by atoms with Crippen LogP contribution in [0.2, 0.25) is 0 Å². The summed E-state index contributed by atoms with van der Waals surface area (Å²) in [7, 11) is 3.72. The second-order valence-corrected chi connectivity index (χ2v) is 5.61. The van der Waals surface area contributed by atoms with E-state index in [-0.39, 0.29) is 11.3 Å². The van der Waals surface area contributed by atoms with Gasteiger partial charge in [0.15, 0.2) is 0 Å². The third-order valence-electron chi connectivity index (χ3n) is 3.74. The van der Waals surface area contributed by atoms with E-state index < -0.39 is 11.8 Å². The molecule has 2 amide bonds. The molecule has 1 heterocycles. The van der Waals surface area contributed by atoms with E-state index in [1.807, 2.05) is 25.1 Å². The number of nitrogens with zero attached hydrogens (tertiary/aromatic N) is 2. The molecule has 0 saturated carbocycles. The molecule has 1 aliphatic heterocycles. The third-order valence-corrected chi connectivity index (χ3v) is 3.74. The highest BCUT2D eigenvalue weighted by atomic mass is 16.3. The Balaban J connectivity index is 1.93. The van der Waals surface area contributed by atoms with Gasteiger partial charge in [0.25, 0.3) is 11.8 Å². The van der Waals surface area contributed by atoms with Gasteiger partial charge < -0.3 is 10.0 Å². The van der Waals surface area contributed by atoms with Gasteiger partial charge in [-0.05, 0) is 30.3 Å². The molecule has 0 bridgehead atoms. The second-order valence-electron chi connectivity index (χ2n) is 5.61. The predicted octanol–water partition coefficient (Wildman–Crippen LogP) is 1.92. The number of hydrogen-bond acceptors (Lipinski definition) is 4. The van der Waals surface area contributed by atoms with Gasteiger partial charge in [0.05, 0.1) is 5.69 Å². The van der Waals surface area contributed by atoms with E-state index in [0.717, 1.165) is 5.69 Å². The van der Waals surface area contributed by atoms with E-state index in [9.17, 15) is 14.7 Å². The molecule has 1 aliphatic rings. The van der Waals surface area contributed by atoms with E-state index in [1.54, 1.807) is 42.5 Å². The van der Waals surface area contributed by atoms with E-state index >= 15 is 0 Å². The molecule has 1 saturated heterocycles. The van der Waals surface area contributed by atoms with Crippen LogP contribution in [0, 0.1) is 0 Å². The minimum Gasteiger partial charge on any atom is -0.507 e. The van der Waals surface area contributed by atoms with Crippen LogP contribution in [0.1, 0.15) is 5.56 Å². The Morgan fingerprint density at radius 2 is 1.79 bits per heavy atom. The number of phenolic OH excluding ortho intramolecular Hbond substituents is 1. The highest BCUT2D eigenvalue weighted by Crippen LogP contribution is 2.27. The zero-order valence-electron chi connectivity index (χ0n) is 13.4. The Bertz CT molecular complexity index is 829. The SMILES string of the molecule is CN(C)c1ccc(/C=C2/C(=O)NN(c3ccccc3)C2=O)c(O)c1. The molecule has 0 aromatic heterocycles. The average molecular weight is 323 g/mol. The molecule has 0 aliphatic carbocycles. The number of hydrogen-bond donors (Lipinski definition) is 2. The van der Waals surface area contributed by atoms with Gasteiger partial charge in [-0.3, -0.25) is 15.0 Å². The van der Waals surface area contributed by atoms with E-state index in [2.05, 4.69) is 5.43 Å². The lowest BCUT2D eigenvalue weighted by molar-refractivity contribution is -0.117. The van der Waals surface area contributed by atoms with Gasteiger partial charge in [0.2, 0.25) is 0 Å². The van der Waals surface area contributed by atoms with Gasteiger partial charge in [-0.25, -0.2) is 5.01 Å². The van der Waals surface area contributed by atoms with Gasteiger partial charge in [0.1, 0.15) is 11.3 Å². The Morgan fingerprint density at radius 1 is 1.08 bits per heavy atom. The van der Waals surface area contributed by atoms with Crippen LogP contribution in [-0.2, 0) is 9.59 Å². The van der Waals surface area contributed by atoms with Crippen molar-refractivity contribution in [2.45, 2.75) is 0 Å². The van der Waals surface area contributed by atoms with Crippen LogP contribution in [0.4, 0.5) is 11.4 Å². The lowest BCUT2D eigenvalue weighted by Crippen LogP contribution is -2.35. The fourth-order valence-electron chi connectivity index (χ4n) is 2.40. The number of benzene rings is 2. The van der Waals surface area contributed by atoms with E-state index in [1.165, 1.54) is 11.1 Å². The molecule has 1 fully saturated rings. The molecule has 0 atom stereocenters. The molecule has 6 heteroatoms. The number of carbonyl (C=O) groups is 2. The van der Waals surface area contributed by atoms with Crippen molar-refractivity contribution in [2.75, 3.05) is 24.0 Å². The van der Waals surface area contributed by atoms with Crippen molar-refractivity contribution in [3.63, 3.8) is 0 Å². The van der Waals surface area contributed by atoms with Crippen molar-refractivity contribution < 1.29 is 14.7 Å². The van der Waals surface area contributed by atoms with Crippen LogP contribution < -0.4 is 15.3 Å². The van der Waals surface area contributed by atoms with Gasteiger partial charge in [-0.15, -0.1) is 0 Å². The fourth-order valence-corrected chi connectivity index (χ4v) is 2.40. The monoisotopic (exact) mass is 323 g/mol. The first-order valence-electron chi connectivity index (χ1n) is 7.40. The fraction of sp³-hybridized carbons (Fsp3) is 0.111. The number of para-hydroxylation sites is 1. The predicted molar refractivity (Wildman–Crippen MR) is 92.5 cm³/mol. The first-order chi connectivity index (χ1) is 11.5. The van der Waals surface area contributed by atoms with Crippen molar-refractivity contribution in [1.29, 1.82) is 0 Å². The largest absolute Gasteiger partial charge is 0.507 e. The second kappa shape index (κ2) is 6.08. The van der Waals surface area contributed by atoms with Gasteiger partial charge in [-0.1, -0.05) is 18.2 Å². The van der Waals surface area contributed by atoms with Crippen molar-refractivity contribution in [3.8, 4) is 5.75 Å². The molecule has 0 radical (unpaired) electrons. The van der Waals surface area contributed by atoms with E-state index in [0.29, 0.717) is 11.3 Å². The topological polar surface area (TPSA) is 72.9 Å². The minimum atomic E-state index is -0.500. The van der Waals surface area contributed by atoms with Crippen LogP contribution in [0.5, 0.6) is 5.75 Å². The summed E-state index contributed by atoms with van der Waals surface area (Å²) >= 11 is 0. The van der Waals surface area contributed by atoms with Gasteiger partial charge >= 0.3 is 0 Å².